The van der Waals surface area contributed by atoms with Crippen LogP contribution in [0, 0.1) is 0 Å². The zero-order valence-electron chi connectivity index (χ0n) is 14.2. The number of ether oxygens (including phenoxy) is 2. The van der Waals surface area contributed by atoms with Crippen LogP contribution < -0.4 is 9.64 Å². The number of piperazine rings is 1. The molecule has 1 heterocycles. The number of anilines is 1. The third kappa shape index (κ3) is 4.15. The number of carbonyl (C=O) groups is 2. The lowest BCUT2D eigenvalue weighted by molar-refractivity contribution is 0.0240. The van der Waals surface area contributed by atoms with Crippen molar-refractivity contribution in [3.63, 3.8) is 0 Å². The lowest BCUT2D eigenvalue weighted by atomic mass is 10.1. The van der Waals surface area contributed by atoms with Crippen molar-refractivity contribution in [2.75, 3.05) is 38.2 Å². The van der Waals surface area contributed by atoms with E-state index < -0.39 is 5.60 Å². The molecule has 23 heavy (non-hydrogen) atoms. The zero-order valence-corrected chi connectivity index (χ0v) is 14.2. The predicted molar refractivity (Wildman–Crippen MR) is 88.4 cm³/mol. The Bertz CT molecular complexity index is 572. The quantitative estimate of drug-likeness (QED) is 0.801. The minimum atomic E-state index is -0.498. The molecule has 1 amide bonds. The summed E-state index contributed by atoms with van der Waals surface area (Å²) in [6.45, 7) is 7.91. The van der Waals surface area contributed by atoms with E-state index in [9.17, 15) is 9.59 Å². The maximum Gasteiger partial charge on any atom is 0.410 e. The van der Waals surface area contributed by atoms with E-state index in [0.29, 0.717) is 37.5 Å². The summed E-state index contributed by atoms with van der Waals surface area (Å²) < 4.78 is 10.8. The standard InChI is InChI=1S/C17H24N2O4/c1-17(2,3)23-16(21)19-10-8-18(9-11-19)15-13(12-20)6-5-7-14(15)22-4/h5-7,12H,8-11H2,1-4H3. The van der Waals surface area contributed by atoms with E-state index in [1.165, 1.54) is 0 Å². The molecule has 1 aromatic rings. The fourth-order valence-corrected chi connectivity index (χ4v) is 2.58. The SMILES string of the molecule is COc1cccc(C=O)c1N1CCN(C(=O)OC(C)(C)C)CC1. The summed E-state index contributed by atoms with van der Waals surface area (Å²) in [4.78, 5) is 27.2. The first kappa shape index (κ1) is 17.1. The minimum Gasteiger partial charge on any atom is -0.495 e. The number of para-hydroxylation sites is 1. The Labute approximate surface area is 137 Å². The molecule has 6 nitrogen and oxygen atoms in total. The summed E-state index contributed by atoms with van der Waals surface area (Å²) >= 11 is 0. The fourth-order valence-electron chi connectivity index (χ4n) is 2.58. The van der Waals surface area contributed by atoms with Crippen molar-refractivity contribution in [2.24, 2.45) is 0 Å². The van der Waals surface area contributed by atoms with Crippen LogP contribution in [-0.4, -0.2) is 56.2 Å². The van der Waals surface area contributed by atoms with Crippen LogP contribution in [0.25, 0.3) is 0 Å². The molecular formula is C17H24N2O4. The minimum absolute atomic E-state index is 0.298. The van der Waals surface area contributed by atoms with Gasteiger partial charge in [-0.2, -0.15) is 0 Å². The van der Waals surface area contributed by atoms with Crippen LogP contribution in [0.5, 0.6) is 5.75 Å². The number of amides is 1. The molecule has 0 saturated carbocycles. The van der Waals surface area contributed by atoms with Crippen molar-refractivity contribution < 1.29 is 19.1 Å². The number of benzene rings is 1. The van der Waals surface area contributed by atoms with Gasteiger partial charge in [-0.1, -0.05) is 6.07 Å². The van der Waals surface area contributed by atoms with Crippen molar-refractivity contribution in [3.8, 4) is 5.75 Å². The van der Waals surface area contributed by atoms with Gasteiger partial charge < -0.3 is 19.3 Å². The summed E-state index contributed by atoms with van der Waals surface area (Å²) in [6, 6.07) is 5.40. The van der Waals surface area contributed by atoms with Gasteiger partial charge in [0, 0.05) is 31.7 Å². The number of hydrogen-bond acceptors (Lipinski definition) is 5. The highest BCUT2D eigenvalue weighted by Gasteiger charge is 2.27. The maximum atomic E-state index is 12.1. The van der Waals surface area contributed by atoms with Crippen LogP contribution in [0.2, 0.25) is 0 Å². The van der Waals surface area contributed by atoms with Crippen LogP contribution >= 0.6 is 0 Å². The van der Waals surface area contributed by atoms with Gasteiger partial charge in [0.2, 0.25) is 0 Å². The van der Waals surface area contributed by atoms with E-state index >= 15 is 0 Å². The monoisotopic (exact) mass is 320 g/mol. The van der Waals surface area contributed by atoms with Gasteiger partial charge in [0.05, 0.1) is 12.8 Å². The summed E-state index contributed by atoms with van der Waals surface area (Å²) in [5.74, 6) is 0.667. The van der Waals surface area contributed by atoms with Crippen LogP contribution in [0.15, 0.2) is 18.2 Å². The van der Waals surface area contributed by atoms with E-state index in [4.69, 9.17) is 9.47 Å². The van der Waals surface area contributed by atoms with Crippen molar-refractivity contribution in [1.29, 1.82) is 0 Å². The van der Waals surface area contributed by atoms with Crippen molar-refractivity contribution in [2.45, 2.75) is 26.4 Å². The second-order valence-electron chi connectivity index (χ2n) is 6.47. The molecule has 2 rings (SSSR count). The van der Waals surface area contributed by atoms with Crippen LogP contribution in [-0.2, 0) is 4.74 Å². The topological polar surface area (TPSA) is 59.1 Å². The van der Waals surface area contributed by atoms with E-state index in [2.05, 4.69) is 4.90 Å². The molecule has 0 radical (unpaired) electrons. The highest BCUT2D eigenvalue weighted by molar-refractivity contribution is 5.87. The Morgan fingerprint density at radius 3 is 2.35 bits per heavy atom. The van der Waals surface area contributed by atoms with Crippen LogP contribution in [0.4, 0.5) is 10.5 Å². The smallest absolute Gasteiger partial charge is 0.410 e. The van der Waals surface area contributed by atoms with E-state index in [1.807, 2.05) is 26.8 Å². The first-order valence-electron chi connectivity index (χ1n) is 7.71. The number of hydrogen-bond donors (Lipinski definition) is 0. The highest BCUT2D eigenvalue weighted by atomic mass is 16.6. The highest BCUT2D eigenvalue weighted by Crippen LogP contribution is 2.32. The number of methoxy groups -OCH3 is 1. The summed E-state index contributed by atoms with van der Waals surface area (Å²) in [5.41, 5.74) is 0.880. The molecule has 0 spiro atoms. The average molecular weight is 320 g/mol. The summed E-state index contributed by atoms with van der Waals surface area (Å²) in [7, 11) is 1.59. The second-order valence-corrected chi connectivity index (χ2v) is 6.47. The molecule has 1 aromatic carbocycles. The number of aldehydes is 1. The van der Waals surface area contributed by atoms with Gasteiger partial charge in [0.15, 0.2) is 6.29 Å². The lowest BCUT2D eigenvalue weighted by Crippen LogP contribution is -2.50. The molecule has 0 aliphatic carbocycles. The molecule has 0 bridgehead atoms. The molecule has 6 heteroatoms. The molecule has 0 unspecified atom stereocenters. The van der Waals surface area contributed by atoms with Crippen LogP contribution in [0.3, 0.4) is 0 Å². The van der Waals surface area contributed by atoms with E-state index in [1.54, 1.807) is 24.1 Å². The molecule has 0 N–H and O–H groups in total. The van der Waals surface area contributed by atoms with E-state index in [0.717, 1.165) is 12.0 Å². The molecular weight excluding hydrogens is 296 g/mol. The van der Waals surface area contributed by atoms with Gasteiger partial charge in [0.1, 0.15) is 11.4 Å². The molecule has 1 aliphatic heterocycles. The Balaban J connectivity index is 2.08. The number of rotatable bonds is 3. The fraction of sp³-hybridized carbons (Fsp3) is 0.529. The van der Waals surface area contributed by atoms with Gasteiger partial charge in [-0.05, 0) is 32.9 Å². The molecule has 0 atom stereocenters. The summed E-state index contributed by atoms with van der Waals surface area (Å²) in [6.07, 6.45) is 0.533. The van der Waals surface area contributed by atoms with E-state index in [-0.39, 0.29) is 6.09 Å². The largest absolute Gasteiger partial charge is 0.495 e. The Morgan fingerprint density at radius 2 is 1.83 bits per heavy atom. The lowest BCUT2D eigenvalue weighted by Gasteiger charge is -2.37. The molecule has 126 valence electrons. The van der Waals surface area contributed by atoms with Gasteiger partial charge >= 0.3 is 6.09 Å². The second kappa shape index (κ2) is 6.89. The first-order chi connectivity index (χ1) is 10.9. The zero-order chi connectivity index (χ0) is 17.0. The molecule has 1 fully saturated rings. The first-order valence-corrected chi connectivity index (χ1v) is 7.71. The molecule has 1 saturated heterocycles. The Morgan fingerprint density at radius 1 is 1.17 bits per heavy atom. The van der Waals surface area contributed by atoms with Gasteiger partial charge in [-0.15, -0.1) is 0 Å². The predicted octanol–water partition coefficient (Wildman–Crippen LogP) is 2.56. The summed E-state index contributed by atoms with van der Waals surface area (Å²) in [5, 5.41) is 0. The van der Waals surface area contributed by atoms with Crippen molar-refractivity contribution >= 4 is 18.1 Å². The third-order valence-electron chi connectivity index (χ3n) is 3.62. The third-order valence-corrected chi connectivity index (χ3v) is 3.62. The molecule has 0 aromatic heterocycles. The van der Waals surface area contributed by atoms with Crippen molar-refractivity contribution in [1.82, 2.24) is 4.90 Å². The number of nitrogens with zero attached hydrogens (tertiary/aromatic N) is 2. The Kier molecular flexibility index (Phi) is 5.13. The van der Waals surface area contributed by atoms with Gasteiger partial charge in [-0.3, -0.25) is 4.79 Å². The normalized spacial score (nSPS) is 15.3. The Hall–Kier alpha value is -2.24. The van der Waals surface area contributed by atoms with Gasteiger partial charge in [-0.25, -0.2) is 4.79 Å². The average Bonchev–Trinajstić information content (AvgIpc) is 2.52. The van der Waals surface area contributed by atoms with Crippen LogP contribution in [0.1, 0.15) is 31.1 Å². The number of carbonyl (C=O) groups excluding carboxylic acids is 2. The van der Waals surface area contributed by atoms with Gasteiger partial charge in [0.25, 0.3) is 0 Å². The maximum absolute atomic E-state index is 12.1. The van der Waals surface area contributed by atoms with Crippen molar-refractivity contribution in [3.05, 3.63) is 23.8 Å². The molecule has 1 aliphatic rings.